The van der Waals surface area contributed by atoms with Gasteiger partial charge in [0.05, 0.1) is 5.52 Å². The summed E-state index contributed by atoms with van der Waals surface area (Å²) in [6.07, 6.45) is 8.59. The standard InChI is InChI=1S/C29H30N4O/c1-21-9-10-25(18-28(21)32-19-22-11-14-30-15-12-22)29(34)33-16-4-5-23(20-33)17-24-6-2-8-27-26(24)7-3-13-31-27/h2-3,6-15,18,23,32H,4-5,16-17,19-20H2,1H3/t23-/m0/s1. The minimum Gasteiger partial charge on any atom is -0.381 e. The van der Waals surface area contributed by atoms with Crippen molar-refractivity contribution in [3.05, 3.63) is 102 Å². The van der Waals surface area contributed by atoms with E-state index in [1.165, 1.54) is 10.9 Å². The van der Waals surface area contributed by atoms with Gasteiger partial charge in [-0.15, -0.1) is 0 Å². The van der Waals surface area contributed by atoms with Gasteiger partial charge in [-0.2, -0.15) is 0 Å². The van der Waals surface area contributed by atoms with Crippen molar-refractivity contribution in [2.75, 3.05) is 18.4 Å². The first-order valence-corrected chi connectivity index (χ1v) is 12.0. The van der Waals surface area contributed by atoms with Crippen LogP contribution in [0.15, 0.2) is 79.3 Å². The number of carbonyl (C=O) groups excluding carboxylic acids is 1. The number of carbonyl (C=O) groups is 1. The lowest BCUT2D eigenvalue weighted by atomic mass is 9.89. The number of hydrogen-bond donors (Lipinski definition) is 1. The number of aromatic nitrogens is 2. The van der Waals surface area contributed by atoms with Crippen LogP contribution in [0.2, 0.25) is 0 Å². The summed E-state index contributed by atoms with van der Waals surface area (Å²) < 4.78 is 0. The summed E-state index contributed by atoms with van der Waals surface area (Å²) in [5.74, 6) is 0.578. The lowest BCUT2D eigenvalue weighted by Gasteiger charge is -2.33. The van der Waals surface area contributed by atoms with Gasteiger partial charge in [-0.05, 0) is 85.2 Å². The third-order valence-electron chi connectivity index (χ3n) is 6.77. The third kappa shape index (κ3) is 4.93. The Bertz CT molecular complexity index is 1280. The maximum absolute atomic E-state index is 13.4. The number of rotatable bonds is 6. The van der Waals surface area contributed by atoms with E-state index in [4.69, 9.17) is 0 Å². The van der Waals surface area contributed by atoms with Gasteiger partial charge in [0, 0.05) is 54.9 Å². The number of fused-ring (bicyclic) bond motifs is 1. The van der Waals surface area contributed by atoms with E-state index < -0.39 is 0 Å². The average molecular weight is 451 g/mol. The quantitative estimate of drug-likeness (QED) is 0.413. The Morgan fingerprint density at radius 1 is 1.06 bits per heavy atom. The van der Waals surface area contributed by atoms with Crippen molar-refractivity contribution in [2.45, 2.75) is 32.7 Å². The minimum absolute atomic E-state index is 0.122. The van der Waals surface area contributed by atoms with E-state index in [-0.39, 0.29) is 5.91 Å². The third-order valence-corrected chi connectivity index (χ3v) is 6.77. The number of aryl methyl sites for hydroxylation is 1. The second kappa shape index (κ2) is 10.0. The molecular formula is C29H30N4O. The molecular weight excluding hydrogens is 420 g/mol. The predicted molar refractivity (Wildman–Crippen MR) is 137 cm³/mol. The number of anilines is 1. The molecule has 0 bridgehead atoms. The molecule has 5 nitrogen and oxygen atoms in total. The summed E-state index contributed by atoms with van der Waals surface area (Å²) in [6, 6.07) is 20.5. The highest BCUT2D eigenvalue weighted by molar-refractivity contribution is 5.95. The van der Waals surface area contributed by atoms with Crippen molar-refractivity contribution in [1.82, 2.24) is 14.9 Å². The number of nitrogens with zero attached hydrogens (tertiary/aromatic N) is 3. The van der Waals surface area contributed by atoms with Gasteiger partial charge in [0.1, 0.15) is 0 Å². The van der Waals surface area contributed by atoms with Crippen LogP contribution in [-0.2, 0) is 13.0 Å². The van der Waals surface area contributed by atoms with Crippen molar-refractivity contribution in [2.24, 2.45) is 5.92 Å². The van der Waals surface area contributed by atoms with E-state index >= 15 is 0 Å². The largest absolute Gasteiger partial charge is 0.381 e. The summed E-state index contributed by atoms with van der Waals surface area (Å²) in [5, 5.41) is 4.70. The SMILES string of the molecule is Cc1ccc(C(=O)N2CCC[C@@H](Cc3cccc4ncccc34)C2)cc1NCc1ccncc1. The number of pyridine rings is 2. The molecule has 34 heavy (non-hydrogen) atoms. The van der Waals surface area contributed by atoms with Crippen LogP contribution in [0.4, 0.5) is 5.69 Å². The molecule has 1 N–H and O–H groups in total. The van der Waals surface area contributed by atoms with Crippen LogP contribution in [0.5, 0.6) is 0 Å². The van der Waals surface area contributed by atoms with Crippen LogP contribution in [-0.4, -0.2) is 33.9 Å². The van der Waals surface area contributed by atoms with Gasteiger partial charge in [-0.25, -0.2) is 0 Å². The van der Waals surface area contributed by atoms with Crippen molar-refractivity contribution < 1.29 is 4.79 Å². The van der Waals surface area contributed by atoms with Crippen molar-refractivity contribution in [1.29, 1.82) is 0 Å². The van der Waals surface area contributed by atoms with Crippen LogP contribution in [0.25, 0.3) is 10.9 Å². The Labute approximate surface area is 200 Å². The topological polar surface area (TPSA) is 58.1 Å². The van der Waals surface area contributed by atoms with E-state index in [0.717, 1.165) is 60.2 Å². The van der Waals surface area contributed by atoms with E-state index in [1.54, 1.807) is 12.4 Å². The Morgan fingerprint density at radius 3 is 2.82 bits per heavy atom. The van der Waals surface area contributed by atoms with E-state index in [0.29, 0.717) is 12.5 Å². The summed E-state index contributed by atoms with van der Waals surface area (Å²) in [5.41, 5.74) is 6.40. The molecule has 1 amide bonds. The highest BCUT2D eigenvalue weighted by Crippen LogP contribution is 2.27. The van der Waals surface area contributed by atoms with E-state index in [1.807, 2.05) is 47.5 Å². The molecule has 1 aliphatic heterocycles. The van der Waals surface area contributed by atoms with E-state index in [2.05, 4.69) is 46.5 Å². The molecule has 0 radical (unpaired) electrons. The number of amides is 1. The predicted octanol–water partition coefficient (Wildman–Crippen LogP) is 5.65. The fourth-order valence-corrected chi connectivity index (χ4v) is 4.90. The fourth-order valence-electron chi connectivity index (χ4n) is 4.90. The number of nitrogens with one attached hydrogen (secondary N) is 1. The van der Waals surface area contributed by atoms with E-state index in [9.17, 15) is 4.79 Å². The van der Waals surface area contributed by atoms with Gasteiger partial charge < -0.3 is 10.2 Å². The molecule has 1 aliphatic rings. The van der Waals surface area contributed by atoms with Crippen LogP contribution in [0.1, 0.15) is 39.9 Å². The fraction of sp³-hybridized carbons (Fsp3) is 0.276. The number of benzene rings is 2. The highest BCUT2D eigenvalue weighted by Gasteiger charge is 2.25. The van der Waals surface area contributed by atoms with Gasteiger partial charge in [0.15, 0.2) is 0 Å². The molecule has 0 spiro atoms. The summed E-state index contributed by atoms with van der Waals surface area (Å²) in [4.78, 5) is 24.0. The second-order valence-corrected chi connectivity index (χ2v) is 9.19. The summed E-state index contributed by atoms with van der Waals surface area (Å²) >= 11 is 0. The van der Waals surface area contributed by atoms with Gasteiger partial charge in [-0.3, -0.25) is 14.8 Å². The van der Waals surface area contributed by atoms with Crippen LogP contribution in [0, 0.1) is 12.8 Å². The lowest BCUT2D eigenvalue weighted by Crippen LogP contribution is -2.40. The summed E-state index contributed by atoms with van der Waals surface area (Å²) in [7, 11) is 0. The monoisotopic (exact) mass is 450 g/mol. The minimum atomic E-state index is 0.122. The summed E-state index contributed by atoms with van der Waals surface area (Å²) in [6.45, 7) is 4.38. The zero-order valence-electron chi connectivity index (χ0n) is 19.6. The second-order valence-electron chi connectivity index (χ2n) is 9.19. The maximum atomic E-state index is 13.4. The van der Waals surface area contributed by atoms with Crippen molar-refractivity contribution >= 4 is 22.5 Å². The first-order chi connectivity index (χ1) is 16.7. The van der Waals surface area contributed by atoms with Gasteiger partial charge in [0.25, 0.3) is 5.91 Å². The van der Waals surface area contributed by atoms with Crippen LogP contribution in [0.3, 0.4) is 0 Å². The Hall–Kier alpha value is -3.73. The number of hydrogen-bond acceptors (Lipinski definition) is 4. The lowest BCUT2D eigenvalue weighted by molar-refractivity contribution is 0.0673. The molecule has 4 aromatic rings. The molecule has 1 saturated heterocycles. The molecule has 2 aromatic carbocycles. The molecule has 3 heterocycles. The van der Waals surface area contributed by atoms with Crippen LogP contribution >= 0.6 is 0 Å². The molecule has 1 fully saturated rings. The zero-order chi connectivity index (χ0) is 23.3. The highest BCUT2D eigenvalue weighted by atomic mass is 16.2. The van der Waals surface area contributed by atoms with Gasteiger partial charge in [-0.1, -0.05) is 24.3 Å². The smallest absolute Gasteiger partial charge is 0.253 e. The molecule has 0 aliphatic carbocycles. The van der Waals surface area contributed by atoms with Gasteiger partial charge in [0.2, 0.25) is 0 Å². The maximum Gasteiger partial charge on any atom is 0.253 e. The van der Waals surface area contributed by atoms with Crippen LogP contribution < -0.4 is 5.32 Å². The molecule has 5 heteroatoms. The van der Waals surface area contributed by atoms with Gasteiger partial charge >= 0.3 is 0 Å². The normalized spacial score (nSPS) is 15.9. The molecule has 172 valence electrons. The molecule has 0 unspecified atom stereocenters. The Morgan fingerprint density at radius 2 is 1.94 bits per heavy atom. The Kier molecular flexibility index (Phi) is 6.52. The Balaban J connectivity index is 1.28. The first kappa shape index (κ1) is 22.1. The van der Waals surface area contributed by atoms with Crippen molar-refractivity contribution in [3.63, 3.8) is 0 Å². The first-order valence-electron chi connectivity index (χ1n) is 12.0. The van der Waals surface area contributed by atoms with Crippen molar-refractivity contribution in [3.8, 4) is 0 Å². The number of likely N-dealkylation sites (tertiary alicyclic amines) is 1. The molecule has 0 saturated carbocycles. The molecule has 1 atom stereocenters. The average Bonchev–Trinajstić information content (AvgIpc) is 2.89. The molecule has 2 aromatic heterocycles. The number of piperidine rings is 1. The molecule has 5 rings (SSSR count). The zero-order valence-corrected chi connectivity index (χ0v) is 19.6.